The van der Waals surface area contributed by atoms with Crippen LogP contribution in [0.5, 0.6) is 0 Å². The second kappa shape index (κ2) is 9.01. The van der Waals surface area contributed by atoms with Gasteiger partial charge in [-0.3, -0.25) is 9.69 Å². The summed E-state index contributed by atoms with van der Waals surface area (Å²) in [5.41, 5.74) is 2.91. The fraction of sp³-hybridized carbons (Fsp3) is 0.333. The largest absolute Gasteiger partial charge is 0.462 e. The van der Waals surface area contributed by atoms with Gasteiger partial charge in [-0.15, -0.1) is 0 Å². The van der Waals surface area contributed by atoms with Gasteiger partial charge in [0.15, 0.2) is 5.78 Å². The fourth-order valence-electron chi connectivity index (χ4n) is 2.92. The summed E-state index contributed by atoms with van der Waals surface area (Å²) in [5, 5.41) is 0. The van der Waals surface area contributed by atoms with Crippen molar-refractivity contribution in [2.75, 3.05) is 31.2 Å². The predicted octanol–water partition coefficient (Wildman–Crippen LogP) is 3.64. The number of carbonyl (C=O) groups excluding carboxylic acids is 2. The molecule has 1 saturated heterocycles. The summed E-state index contributed by atoms with van der Waals surface area (Å²) in [7, 11) is 0. The summed E-state index contributed by atoms with van der Waals surface area (Å²) in [6.07, 6.45) is 0. The standard InChI is InChI=1S/C21H23NO3S/c1-2-25-21(24)19-9-7-18(8-10-19)20(23)17-5-3-16(4-6-17)15-22-11-13-26-14-12-22/h3-10H,2,11-15H2,1H3. The first kappa shape index (κ1) is 18.7. The van der Waals surface area contributed by atoms with Crippen molar-refractivity contribution in [1.29, 1.82) is 0 Å². The minimum absolute atomic E-state index is 0.0404. The van der Waals surface area contributed by atoms with Crippen LogP contribution < -0.4 is 0 Å². The highest BCUT2D eigenvalue weighted by molar-refractivity contribution is 7.99. The zero-order valence-electron chi connectivity index (χ0n) is 14.9. The van der Waals surface area contributed by atoms with E-state index in [9.17, 15) is 9.59 Å². The summed E-state index contributed by atoms with van der Waals surface area (Å²) >= 11 is 2.00. The zero-order valence-corrected chi connectivity index (χ0v) is 15.8. The molecule has 0 amide bonds. The molecule has 0 spiro atoms. The van der Waals surface area contributed by atoms with Crippen LogP contribution >= 0.6 is 11.8 Å². The van der Waals surface area contributed by atoms with Crippen LogP contribution in [0.3, 0.4) is 0 Å². The van der Waals surface area contributed by atoms with Gasteiger partial charge < -0.3 is 4.74 Å². The summed E-state index contributed by atoms with van der Waals surface area (Å²) in [5.74, 6) is 1.98. The number of ether oxygens (including phenoxy) is 1. The van der Waals surface area contributed by atoms with Gasteiger partial charge in [0.05, 0.1) is 12.2 Å². The molecule has 1 aliphatic heterocycles. The second-order valence-electron chi connectivity index (χ2n) is 6.21. The lowest BCUT2D eigenvalue weighted by atomic mass is 10.0. The van der Waals surface area contributed by atoms with Gasteiger partial charge in [0.2, 0.25) is 0 Å². The van der Waals surface area contributed by atoms with Crippen LogP contribution in [0, 0.1) is 0 Å². The van der Waals surface area contributed by atoms with Crippen molar-refractivity contribution in [1.82, 2.24) is 4.90 Å². The molecule has 0 N–H and O–H groups in total. The van der Waals surface area contributed by atoms with Crippen LogP contribution in [0.2, 0.25) is 0 Å². The Morgan fingerprint density at radius 3 is 2.04 bits per heavy atom. The third kappa shape index (κ3) is 4.74. The van der Waals surface area contributed by atoms with Gasteiger partial charge in [0.25, 0.3) is 0 Å². The quantitative estimate of drug-likeness (QED) is 0.575. The zero-order chi connectivity index (χ0) is 18.4. The molecule has 0 radical (unpaired) electrons. The number of ketones is 1. The van der Waals surface area contributed by atoms with E-state index in [1.54, 1.807) is 31.2 Å². The Hall–Kier alpha value is -2.11. The third-order valence-electron chi connectivity index (χ3n) is 4.38. The van der Waals surface area contributed by atoms with Crippen molar-refractivity contribution < 1.29 is 14.3 Å². The number of esters is 1. The topological polar surface area (TPSA) is 46.6 Å². The van der Waals surface area contributed by atoms with Crippen LogP contribution in [0.25, 0.3) is 0 Å². The van der Waals surface area contributed by atoms with Crippen LogP contribution in [0.15, 0.2) is 48.5 Å². The van der Waals surface area contributed by atoms with E-state index < -0.39 is 0 Å². The maximum Gasteiger partial charge on any atom is 0.338 e. The van der Waals surface area contributed by atoms with Gasteiger partial charge >= 0.3 is 5.97 Å². The number of hydrogen-bond acceptors (Lipinski definition) is 5. The molecule has 0 unspecified atom stereocenters. The molecule has 4 nitrogen and oxygen atoms in total. The lowest BCUT2D eigenvalue weighted by molar-refractivity contribution is 0.0526. The van der Waals surface area contributed by atoms with Gasteiger partial charge in [0.1, 0.15) is 0 Å². The molecule has 3 rings (SSSR count). The summed E-state index contributed by atoms with van der Waals surface area (Å²) in [6.45, 7) is 5.28. The highest BCUT2D eigenvalue weighted by Crippen LogP contribution is 2.16. The number of carbonyl (C=O) groups is 2. The maximum atomic E-state index is 12.6. The van der Waals surface area contributed by atoms with Crippen molar-refractivity contribution in [3.63, 3.8) is 0 Å². The van der Waals surface area contributed by atoms with Crippen molar-refractivity contribution in [3.8, 4) is 0 Å². The van der Waals surface area contributed by atoms with Crippen LogP contribution in [0.1, 0.15) is 38.8 Å². The molecule has 0 atom stereocenters. The molecule has 1 fully saturated rings. The molecule has 1 heterocycles. The molecule has 26 heavy (non-hydrogen) atoms. The molecule has 2 aromatic carbocycles. The van der Waals surface area contributed by atoms with E-state index in [0.29, 0.717) is 23.3 Å². The second-order valence-corrected chi connectivity index (χ2v) is 7.44. The van der Waals surface area contributed by atoms with Gasteiger partial charge in [0, 0.05) is 42.3 Å². The first-order chi connectivity index (χ1) is 12.7. The Labute approximate surface area is 158 Å². The Balaban J connectivity index is 1.64. The minimum Gasteiger partial charge on any atom is -0.462 e. The average molecular weight is 369 g/mol. The fourth-order valence-corrected chi connectivity index (χ4v) is 3.90. The van der Waals surface area contributed by atoms with Gasteiger partial charge in [-0.1, -0.05) is 36.4 Å². The summed E-state index contributed by atoms with van der Waals surface area (Å²) < 4.78 is 4.96. The molecule has 0 saturated carbocycles. The molecule has 0 aromatic heterocycles. The lowest BCUT2D eigenvalue weighted by Crippen LogP contribution is -2.31. The molecule has 5 heteroatoms. The van der Waals surface area contributed by atoms with Crippen LogP contribution in [-0.2, 0) is 11.3 Å². The number of nitrogens with zero attached hydrogens (tertiary/aromatic N) is 1. The first-order valence-electron chi connectivity index (χ1n) is 8.88. The average Bonchev–Trinajstić information content (AvgIpc) is 2.69. The first-order valence-corrected chi connectivity index (χ1v) is 10.0. The maximum absolute atomic E-state index is 12.6. The highest BCUT2D eigenvalue weighted by atomic mass is 32.2. The van der Waals surface area contributed by atoms with Crippen molar-refractivity contribution >= 4 is 23.5 Å². The minimum atomic E-state index is -0.369. The van der Waals surface area contributed by atoms with E-state index in [0.717, 1.165) is 19.6 Å². The third-order valence-corrected chi connectivity index (χ3v) is 5.33. The Kier molecular flexibility index (Phi) is 6.47. The normalized spacial score (nSPS) is 14.8. The number of thioether (sulfide) groups is 1. The predicted molar refractivity (Wildman–Crippen MR) is 105 cm³/mol. The SMILES string of the molecule is CCOC(=O)c1ccc(C(=O)c2ccc(CN3CCSCC3)cc2)cc1. The molecule has 0 bridgehead atoms. The monoisotopic (exact) mass is 369 g/mol. The van der Waals surface area contributed by atoms with E-state index in [1.165, 1.54) is 17.1 Å². The molecule has 2 aromatic rings. The number of hydrogen-bond donors (Lipinski definition) is 0. The number of benzene rings is 2. The van der Waals surface area contributed by atoms with Crippen LogP contribution in [0.4, 0.5) is 0 Å². The highest BCUT2D eigenvalue weighted by Gasteiger charge is 2.13. The Bertz CT molecular complexity index is 750. The van der Waals surface area contributed by atoms with Crippen molar-refractivity contribution in [2.45, 2.75) is 13.5 Å². The van der Waals surface area contributed by atoms with Crippen molar-refractivity contribution in [3.05, 3.63) is 70.8 Å². The van der Waals surface area contributed by atoms with E-state index in [-0.39, 0.29) is 11.8 Å². The lowest BCUT2D eigenvalue weighted by Gasteiger charge is -2.26. The molecule has 136 valence electrons. The Morgan fingerprint density at radius 2 is 1.46 bits per heavy atom. The van der Waals surface area contributed by atoms with Gasteiger partial charge in [-0.05, 0) is 24.6 Å². The van der Waals surface area contributed by atoms with Gasteiger partial charge in [-0.25, -0.2) is 4.79 Å². The van der Waals surface area contributed by atoms with Crippen molar-refractivity contribution in [2.24, 2.45) is 0 Å². The summed E-state index contributed by atoms with van der Waals surface area (Å²) in [6, 6.07) is 14.4. The molecule has 1 aliphatic rings. The molecule has 0 aliphatic carbocycles. The number of rotatable bonds is 6. The molecular weight excluding hydrogens is 346 g/mol. The Morgan fingerprint density at radius 1 is 0.923 bits per heavy atom. The summed E-state index contributed by atoms with van der Waals surface area (Å²) in [4.78, 5) is 26.8. The molecular formula is C21H23NO3S. The van der Waals surface area contributed by atoms with E-state index >= 15 is 0 Å². The van der Waals surface area contributed by atoms with Gasteiger partial charge in [-0.2, -0.15) is 11.8 Å². The van der Waals surface area contributed by atoms with Crippen LogP contribution in [-0.4, -0.2) is 47.9 Å². The smallest absolute Gasteiger partial charge is 0.338 e. The van der Waals surface area contributed by atoms with E-state index in [4.69, 9.17) is 4.74 Å². The van der Waals surface area contributed by atoms with E-state index in [2.05, 4.69) is 4.90 Å². The van der Waals surface area contributed by atoms with E-state index in [1.807, 2.05) is 36.0 Å².